The SMILES string of the molecule is CC(C#N)Oc1ccc(C=CC(=O)O)cc1C(F)(F)F. The van der Waals surface area contributed by atoms with Crippen LogP contribution in [0.3, 0.4) is 0 Å². The van der Waals surface area contributed by atoms with Crippen LogP contribution >= 0.6 is 0 Å². The van der Waals surface area contributed by atoms with Crippen LogP contribution < -0.4 is 4.74 Å². The van der Waals surface area contributed by atoms with Gasteiger partial charge in [-0.1, -0.05) is 6.07 Å². The molecule has 0 aromatic heterocycles. The molecule has 7 heteroatoms. The molecule has 0 amide bonds. The van der Waals surface area contributed by atoms with Gasteiger partial charge in [-0.05, 0) is 30.7 Å². The molecule has 4 nitrogen and oxygen atoms in total. The second-order valence-corrected chi connectivity index (χ2v) is 3.81. The zero-order valence-corrected chi connectivity index (χ0v) is 10.3. The molecule has 0 aliphatic rings. The highest BCUT2D eigenvalue weighted by Crippen LogP contribution is 2.37. The van der Waals surface area contributed by atoms with Crippen molar-refractivity contribution in [3.63, 3.8) is 0 Å². The summed E-state index contributed by atoms with van der Waals surface area (Å²) in [6.45, 7) is 1.32. The Bertz CT molecular complexity index is 573. The highest BCUT2D eigenvalue weighted by Gasteiger charge is 2.35. The first-order chi connectivity index (χ1) is 9.24. The van der Waals surface area contributed by atoms with Crippen LogP contribution in [-0.2, 0) is 11.0 Å². The third-order valence-corrected chi connectivity index (χ3v) is 2.21. The van der Waals surface area contributed by atoms with Crippen molar-refractivity contribution in [2.45, 2.75) is 19.2 Å². The van der Waals surface area contributed by atoms with Gasteiger partial charge in [-0.15, -0.1) is 0 Å². The number of aliphatic carboxylic acids is 1. The van der Waals surface area contributed by atoms with Crippen LogP contribution in [-0.4, -0.2) is 17.2 Å². The van der Waals surface area contributed by atoms with Crippen molar-refractivity contribution >= 4 is 12.0 Å². The van der Waals surface area contributed by atoms with Crippen LogP contribution in [0, 0.1) is 11.3 Å². The molecule has 0 radical (unpaired) electrons. The van der Waals surface area contributed by atoms with Crippen LogP contribution in [0.15, 0.2) is 24.3 Å². The molecule has 0 aliphatic carbocycles. The number of halogens is 3. The van der Waals surface area contributed by atoms with E-state index in [-0.39, 0.29) is 5.56 Å². The average molecular weight is 285 g/mol. The van der Waals surface area contributed by atoms with Gasteiger partial charge in [-0.3, -0.25) is 0 Å². The smallest absolute Gasteiger partial charge is 0.419 e. The van der Waals surface area contributed by atoms with E-state index in [9.17, 15) is 18.0 Å². The molecule has 1 atom stereocenters. The number of carboxylic acids is 1. The summed E-state index contributed by atoms with van der Waals surface area (Å²) < 4.78 is 43.5. The van der Waals surface area contributed by atoms with E-state index in [1.54, 1.807) is 6.07 Å². The third-order valence-electron chi connectivity index (χ3n) is 2.21. The Hall–Kier alpha value is -2.49. The molecule has 1 unspecified atom stereocenters. The highest BCUT2D eigenvalue weighted by atomic mass is 19.4. The monoisotopic (exact) mass is 285 g/mol. The van der Waals surface area contributed by atoms with Gasteiger partial charge in [-0.25, -0.2) is 4.79 Å². The third kappa shape index (κ3) is 4.31. The minimum Gasteiger partial charge on any atom is -0.478 e. The molecule has 0 bridgehead atoms. The van der Waals surface area contributed by atoms with Crippen molar-refractivity contribution in [1.29, 1.82) is 5.26 Å². The lowest BCUT2D eigenvalue weighted by molar-refractivity contribution is -0.139. The van der Waals surface area contributed by atoms with Crippen LogP contribution in [0.25, 0.3) is 6.08 Å². The van der Waals surface area contributed by atoms with Gasteiger partial charge in [0, 0.05) is 6.08 Å². The lowest BCUT2D eigenvalue weighted by atomic mass is 10.1. The van der Waals surface area contributed by atoms with Gasteiger partial charge in [0.1, 0.15) is 11.8 Å². The number of carbonyl (C=O) groups is 1. The summed E-state index contributed by atoms with van der Waals surface area (Å²) in [6.07, 6.45) is -3.93. The Morgan fingerprint density at radius 3 is 2.65 bits per heavy atom. The van der Waals surface area contributed by atoms with E-state index < -0.39 is 29.6 Å². The van der Waals surface area contributed by atoms with Crippen LogP contribution in [0.4, 0.5) is 13.2 Å². The molecule has 106 valence electrons. The van der Waals surface area contributed by atoms with Crippen LogP contribution in [0.5, 0.6) is 5.75 Å². The number of benzene rings is 1. The maximum Gasteiger partial charge on any atom is 0.419 e. The molecular weight excluding hydrogens is 275 g/mol. The fourth-order valence-electron chi connectivity index (χ4n) is 1.36. The predicted molar refractivity (Wildman–Crippen MR) is 63.8 cm³/mol. The zero-order valence-electron chi connectivity index (χ0n) is 10.3. The number of hydrogen-bond acceptors (Lipinski definition) is 3. The van der Waals surface area contributed by atoms with E-state index in [4.69, 9.17) is 15.1 Å². The Labute approximate surface area is 112 Å². The van der Waals surface area contributed by atoms with E-state index in [1.807, 2.05) is 0 Å². The lowest BCUT2D eigenvalue weighted by Crippen LogP contribution is -2.14. The summed E-state index contributed by atoms with van der Waals surface area (Å²) in [7, 11) is 0. The molecule has 1 rings (SSSR count). The molecule has 0 saturated heterocycles. The van der Waals surface area contributed by atoms with Crippen molar-refractivity contribution in [3.8, 4) is 11.8 Å². The molecular formula is C13H10F3NO3. The topological polar surface area (TPSA) is 70.3 Å². The Morgan fingerprint density at radius 2 is 2.15 bits per heavy atom. The maximum absolute atomic E-state index is 12.9. The number of hydrogen-bond donors (Lipinski definition) is 1. The number of ether oxygens (including phenoxy) is 1. The molecule has 0 heterocycles. The van der Waals surface area contributed by atoms with Gasteiger partial charge < -0.3 is 9.84 Å². The maximum atomic E-state index is 12.9. The quantitative estimate of drug-likeness (QED) is 0.863. The summed E-state index contributed by atoms with van der Waals surface area (Å²) in [6, 6.07) is 4.75. The normalized spacial score (nSPS) is 12.9. The van der Waals surface area contributed by atoms with E-state index in [0.717, 1.165) is 24.3 Å². The second-order valence-electron chi connectivity index (χ2n) is 3.81. The molecule has 0 spiro atoms. The van der Waals surface area contributed by atoms with Crippen molar-refractivity contribution in [2.24, 2.45) is 0 Å². The number of carboxylic acid groups (broad SMARTS) is 1. The summed E-state index contributed by atoms with van der Waals surface area (Å²) >= 11 is 0. The van der Waals surface area contributed by atoms with E-state index >= 15 is 0 Å². The van der Waals surface area contributed by atoms with E-state index in [1.165, 1.54) is 13.0 Å². The number of alkyl halides is 3. The lowest BCUT2D eigenvalue weighted by Gasteiger charge is -2.15. The molecule has 1 N–H and O–H groups in total. The predicted octanol–water partition coefficient (Wildman–Crippen LogP) is 3.09. The Balaban J connectivity index is 3.21. The van der Waals surface area contributed by atoms with Crippen molar-refractivity contribution in [1.82, 2.24) is 0 Å². The zero-order chi connectivity index (χ0) is 15.3. The van der Waals surface area contributed by atoms with Gasteiger partial charge in [0.05, 0.1) is 5.56 Å². The van der Waals surface area contributed by atoms with Gasteiger partial charge >= 0.3 is 12.1 Å². The van der Waals surface area contributed by atoms with Crippen LogP contribution in [0.1, 0.15) is 18.1 Å². The van der Waals surface area contributed by atoms with Gasteiger partial charge in [-0.2, -0.15) is 18.4 Å². The van der Waals surface area contributed by atoms with Crippen molar-refractivity contribution in [2.75, 3.05) is 0 Å². The first-order valence-electron chi connectivity index (χ1n) is 5.42. The van der Waals surface area contributed by atoms with Crippen molar-refractivity contribution in [3.05, 3.63) is 35.4 Å². The fourth-order valence-corrected chi connectivity index (χ4v) is 1.36. The first-order valence-corrected chi connectivity index (χ1v) is 5.42. The molecule has 0 fully saturated rings. The largest absolute Gasteiger partial charge is 0.478 e. The second kappa shape index (κ2) is 6.10. The van der Waals surface area contributed by atoms with Gasteiger partial charge in [0.2, 0.25) is 0 Å². The number of rotatable bonds is 4. The number of nitrogens with zero attached hydrogens (tertiary/aromatic N) is 1. The summed E-state index contributed by atoms with van der Waals surface area (Å²) in [4.78, 5) is 10.3. The summed E-state index contributed by atoms with van der Waals surface area (Å²) in [5, 5.41) is 17.0. The Morgan fingerprint density at radius 1 is 1.50 bits per heavy atom. The Kier molecular flexibility index (Phi) is 4.75. The first kappa shape index (κ1) is 15.6. The number of nitriles is 1. The minimum atomic E-state index is -4.67. The van der Waals surface area contributed by atoms with E-state index in [0.29, 0.717) is 0 Å². The van der Waals surface area contributed by atoms with Gasteiger partial charge in [0.25, 0.3) is 0 Å². The molecule has 1 aromatic carbocycles. The van der Waals surface area contributed by atoms with Crippen LogP contribution in [0.2, 0.25) is 0 Å². The molecule has 0 aliphatic heterocycles. The van der Waals surface area contributed by atoms with Gasteiger partial charge in [0.15, 0.2) is 6.10 Å². The average Bonchev–Trinajstić information content (AvgIpc) is 2.36. The minimum absolute atomic E-state index is 0.0664. The van der Waals surface area contributed by atoms with E-state index in [2.05, 4.69) is 0 Å². The summed E-state index contributed by atoms with van der Waals surface area (Å²) in [5.74, 6) is -1.74. The highest BCUT2D eigenvalue weighted by molar-refractivity contribution is 5.85. The molecule has 0 saturated carbocycles. The molecule has 20 heavy (non-hydrogen) atoms. The fraction of sp³-hybridized carbons (Fsp3) is 0.231. The molecule has 1 aromatic rings. The summed E-state index contributed by atoms with van der Waals surface area (Å²) in [5.41, 5.74) is -0.996. The van der Waals surface area contributed by atoms with Crippen molar-refractivity contribution < 1.29 is 27.8 Å². The standard InChI is InChI=1S/C13H10F3NO3/c1-8(7-17)20-11-4-2-9(3-5-12(18)19)6-10(11)13(14,15)16/h2-6,8H,1H3,(H,18,19).